The van der Waals surface area contributed by atoms with Gasteiger partial charge in [0, 0.05) is 13.1 Å². The maximum absolute atomic E-state index is 12.8. The van der Waals surface area contributed by atoms with Crippen molar-refractivity contribution in [3.05, 3.63) is 23.8 Å². The third kappa shape index (κ3) is 4.86. The highest BCUT2D eigenvalue weighted by molar-refractivity contribution is 6.00. The summed E-state index contributed by atoms with van der Waals surface area (Å²) in [6, 6.07) is 4.21. The van der Waals surface area contributed by atoms with Gasteiger partial charge in [0.15, 0.2) is 0 Å². The molecule has 1 aliphatic heterocycles. The van der Waals surface area contributed by atoms with Gasteiger partial charge in [-0.25, -0.2) is 5.43 Å². The summed E-state index contributed by atoms with van der Waals surface area (Å²) < 4.78 is 10.5. The fraction of sp³-hybridized carbons (Fsp3) is 0.556. The van der Waals surface area contributed by atoms with Gasteiger partial charge in [-0.15, -0.1) is 0 Å². The van der Waals surface area contributed by atoms with Gasteiger partial charge in [0.2, 0.25) is 5.91 Å². The van der Waals surface area contributed by atoms with E-state index in [4.69, 9.17) is 9.47 Å². The van der Waals surface area contributed by atoms with E-state index < -0.39 is 6.04 Å². The predicted octanol–water partition coefficient (Wildman–Crippen LogP) is 0.585. The van der Waals surface area contributed by atoms with Crippen LogP contribution in [0.25, 0.3) is 0 Å². The minimum absolute atomic E-state index is 0.136. The summed E-state index contributed by atoms with van der Waals surface area (Å²) in [6.45, 7) is 3.18. The van der Waals surface area contributed by atoms with Crippen LogP contribution in [0.4, 0.5) is 0 Å². The molecule has 2 unspecified atom stereocenters. The lowest BCUT2D eigenvalue weighted by Gasteiger charge is -2.20. The first kappa shape index (κ1) is 20.0. The summed E-state index contributed by atoms with van der Waals surface area (Å²) in [4.78, 5) is 25.1. The summed E-state index contributed by atoms with van der Waals surface area (Å²) >= 11 is 0. The molecule has 1 aliphatic rings. The number of carbonyl (C=O) groups is 2. The summed E-state index contributed by atoms with van der Waals surface area (Å²) in [5, 5.41) is 5.80. The van der Waals surface area contributed by atoms with E-state index in [-0.39, 0.29) is 17.9 Å². The SMILES string of the molecule is CCCCCNC(=O)C1NNCC1NC(=O)c1c(OC)cccc1OC. The molecule has 0 bridgehead atoms. The maximum Gasteiger partial charge on any atom is 0.259 e. The number of carbonyl (C=O) groups excluding carboxylic acids is 2. The van der Waals surface area contributed by atoms with Crippen molar-refractivity contribution in [2.45, 2.75) is 38.3 Å². The standard InChI is InChI=1S/C18H28N4O4/c1-4-5-6-10-19-18(24)16-12(11-20-22-16)21-17(23)15-13(25-2)8-7-9-14(15)26-3/h7-9,12,16,20,22H,4-6,10-11H2,1-3H3,(H,19,24)(H,21,23). The van der Waals surface area contributed by atoms with E-state index in [9.17, 15) is 9.59 Å². The summed E-state index contributed by atoms with van der Waals surface area (Å²) in [5.74, 6) is 0.352. The van der Waals surface area contributed by atoms with Crippen LogP contribution in [0, 0.1) is 0 Å². The Kier molecular flexibility index (Phi) is 7.68. The summed E-state index contributed by atoms with van der Waals surface area (Å²) in [6.07, 6.45) is 3.11. The fourth-order valence-electron chi connectivity index (χ4n) is 2.89. The van der Waals surface area contributed by atoms with E-state index in [2.05, 4.69) is 28.4 Å². The molecular weight excluding hydrogens is 336 g/mol. The third-order valence-electron chi connectivity index (χ3n) is 4.32. The van der Waals surface area contributed by atoms with Crippen molar-refractivity contribution >= 4 is 11.8 Å². The van der Waals surface area contributed by atoms with Crippen LogP contribution in [0.2, 0.25) is 0 Å². The summed E-state index contributed by atoms with van der Waals surface area (Å²) in [7, 11) is 2.99. The second kappa shape index (κ2) is 9.98. The molecule has 4 N–H and O–H groups in total. The number of unbranched alkanes of at least 4 members (excludes halogenated alkanes) is 2. The first-order chi connectivity index (χ1) is 12.6. The number of benzene rings is 1. The maximum atomic E-state index is 12.8. The van der Waals surface area contributed by atoms with Crippen molar-refractivity contribution in [3.8, 4) is 11.5 Å². The molecule has 1 aromatic rings. The average molecular weight is 364 g/mol. The molecule has 2 amide bonds. The highest BCUT2D eigenvalue weighted by Crippen LogP contribution is 2.28. The highest BCUT2D eigenvalue weighted by atomic mass is 16.5. The number of methoxy groups -OCH3 is 2. The lowest BCUT2D eigenvalue weighted by molar-refractivity contribution is -0.123. The molecule has 2 rings (SSSR count). The molecule has 0 aliphatic carbocycles. The van der Waals surface area contributed by atoms with Gasteiger partial charge >= 0.3 is 0 Å². The molecule has 8 nitrogen and oxygen atoms in total. The van der Waals surface area contributed by atoms with Gasteiger partial charge in [0.05, 0.1) is 20.3 Å². The first-order valence-electron chi connectivity index (χ1n) is 8.90. The average Bonchev–Trinajstić information content (AvgIpc) is 3.12. The Balaban J connectivity index is 2.03. The Bertz CT molecular complexity index is 601. The van der Waals surface area contributed by atoms with Crippen LogP contribution in [0.5, 0.6) is 11.5 Å². The third-order valence-corrected chi connectivity index (χ3v) is 4.32. The normalized spacial score (nSPS) is 19.0. The quantitative estimate of drug-likeness (QED) is 0.479. The topological polar surface area (TPSA) is 101 Å². The molecule has 26 heavy (non-hydrogen) atoms. The highest BCUT2D eigenvalue weighted by Gasteiger charge is 2.34. The van der Waals surface area contributed by atoms with Crippen LogP contribution < -0.4 is 31.0 Å². The summed E-state index contributed by atoms with van der Waals surface area (Å²) in [5.41, 5.74) is 6.16. The zero-order chi connectivity index (χ0) is 18.9. The molecule has 0 saturated carbocycles. The number of hydrogen-bond donors (Lipinski definition) is 4. The van der Waals surface area contributed by atoms with Crippen LogP contribution >= 0.6 is 0 Å². The smallest absolute Gasteiger partial charge is 0.259 e. The van der Waals surface area contributed by atoms with Gasteiger partial charge in [-0.05, 0) is 18.6 Å². The van der Waals surface area contributed by atoms with Crippen LogP contribution in [-0.2, 0) is 4.79 Å². The molecule has 1 saturated heterocycles. The molecule has 1 fully saturated rings. The zero-order valence-corrected chi connectivity index (χ0v) is 15.6. The van der Waals surface area contributed by atoms with E-state index in [1.165, 1.54) is 14.2 Å². The Hall–Kier alpha value is -2.32. The Labute approximate surface area is 154 Å². The minimum atomic E-state index is -0.540. The lowest BCUT2D eigenvalue weighted by atomic mass is 10.1. The van der Waals surface area contributed by atoms with Crippen LogP contribution in [-0.4, -0.2) is 51.2 Å². The number of hydrogen-bond acceptors (Lipinski definition) is 6. The van der Waals surface area contributed by atoms with Crippen molar-refractivity contribution in [2.75, 3.05) is 27.3 Å². The monoisotopic (exact) mass is 364 g/mol. The number of rotatable bonds is 9. The van der Waals surface area contributed by atoms with Crippen LogP contribution in [0.3, 0.4) is 0 Å². The van der Waals surface area contributed by atoms with Crippen molar-refractivity contribution < 1.29 is 19.1 Å². The Morgan fingerprint density at radius 3 is 2.50 bits per heavy atom. The number of nitrogens with one attached hydrogen (secondary N) is 4. The zero-order valence-electron chi connectivity index (χ0n) is 15.6. The molecule has 1 aromatic carbocycles. The van der Waals surface area contributed by atoms with Crippen molar-refractivity contribution in [2.24, 2.45) is 0 Å². The molecule has 8 heteroatoms. The van der Waals surface area contributed by atoms with Crippen molar-refractivity contribution in [1.82, 2.24) is 21.5 Å². The van der Waals surface area contributed by atoms with Crippen LogP contribution in [0.15, 0.2) is 18.2 Å². The molecule has 0 radical (unpaired) electrons. The number of hydrazine groups is 1. The number of amides is 2. The van der Waals surface area contributed by atoms with E-state index in [0.717, 1.165) is 19.3 Å². The van der Waals surface area contributed by atoms with Gasteiger partial charge < -0.3 is 20.1 Å². The van der Waals surface area contributed by atoms with Gasteiger partial charge in [-0.1, -0.05) is 25.8 Å². The Morgan fingerprint density at radius 2 is 1.88 bits per heavy atom. The van der Waals surface area contributed by atoms with Gasteiger partial charge in [0.1, 0.15) is 23.1 Å². The fourth-order valence-corrected chi connectivity index (χ4v) is 2.89. The largest absolute Gasteiger partial charge is 0.496 e. The number of ether oxygens (including phenoxy) is 2. The van der Waals surface area contributed by atoms with Gasteiger partial charge in [-0.3, -0.25) is 15.0 Å². The Morgan fingerprint density at radius 1 is 1.19 bits per heavy atom. The van der Waals surface area contributed by atoms with Crippen molar-refractivity contribution in [1.29, 1.82) is 0 Å². The molecule has 144 valence electrons. The minimum Gasteiger partial charge on any atom is -0.496 e. The van der Waals surface area contributed by atoms with Crippen molar-refractivity contribution in [3.63, 3.8) is 0 Å². The predicted molar refractivity (Wildman–Crippen MR) is 98.3 cm³/mol. The second-order valence-corrected chi connectivity index (χ2v) is 6.12. The van der Waals surface area contributed by atoms with E-state index >= 15 is 0 Å². The lowest BCUT2D eigenvalue weighted by Crippen LogP contribution is -2.53. The van der Waals surface area contributed by atoms with E-state index in [0.29, 0.717) is 30.2 Å². The second-order valence-electron chi connectivity index (χ2n) is 6.12. The molecule has 0 aromatic heterocycles. The van der Waals surface area contributed by atoms with Crippen LogP contribution in [0.1, 0.15) is 36.5 Å². The van der Waals surface area contributed by atoms with E-state index in [1.807, 2.05) is 0 Å². The van der Waals surface area contributed by atoms with Gasteiger partial charge in [0.25, 0.3) is 5.91 Å². The molecule has 2 atom stereocenters. The molecule has 1 heterocycles. The molecule has 0 spiro atoms. The first-order valence-corrected chi connectivity index (χ1v) is 8.90. The van der Waals surface area contributed by atoms with E-state index in [1.54, 1.807) is 18.2 Å². The molecular formula is C18H28N4O4. The van der Waals surface area contributed by atoms with Gasteiger partial charge in [-0.2, -0.15) is 0 Å².